The molecule has 1 atom stereocenters. The van der Waals surface area contributed by atoms with Crippen molar-refractivity contribution >= 4 is 11.8 Å². The van der Waals surface area contributed by atoms with Gasteiger partial charge in [0.05, 0.1) is 6.42 Å². The zero-order valence-electron chi connectivity index (χ0n) is 15.4. The molecule has 1 unspecified atom stereocenters. The van der Waals surface area contributed by atoms with Crippen LogP contribution in [-0.4, -0.2) is 29.8 Å². The van der Waals surface area contributed by atoms with Crippen molar-refractivity contribution in [2.75, 3.05) is 7.05 Å². The minimum atomic E-state index is -0.526. The van der Waals surface area contributed by atoms with Crippen LogP contribution in [0.3, 0.4) is 0 Å². The van der Waals surface area contributed by atoms with Crippen molar-refractivity contribution in [2.24, 2.45) is 0 Å². The van der Waals surface area contributed by atoms with Gasteiger partial charge in [0, 0.05) is 13.6 Å². The minimum absolute atomic E-state index is 0.0510. The SMILES string of the molecule is CNC(=O)C(C)N(Cc1ccccc1C)C(=O)Cc1cccc(C)c1. The lowest BCUT2D eigenvalue weighted by molar-refractivity contribution is -0.139. The van der Waals surface area contributed by atoms with Crippen molar-refractivity contribution in [1.82, 2.24) is 10.2 Å². The molecule has 4 heteroatoms. The molecule has 2 rings (SSSR count). The molecule has 0 radical (unpaired) electrons. The Hall–Kier alpha value is -2.62. The van der Waals surface area contributed by atoms with Crippen molar-refractivity contribution in [1.29, 1.82) is 0 Å². The maximum absolute atomic E-state index is 12.9. The molecule has 0 spiro atoms. The van der Waals surface area contributed by atoms with E-state index in [9.17, 15) is 9.59 Å². The fourth-order valence-corrected chi connectivity index (χ4v) is 2.86. The van der Waals surface area contributed by atoms with Crippen molar-refractivity contribution in [3.8, 4) is 0 Å². The van der Waals surface area contributed by atoms with E-state index in [0.717, 1.165) is 22.3 Å². The van der Waals surface area contributed by atoms with E-state index >= 15 is 0 Å². The first-order valence-electron chi connectivity index (χ1n) is 8.53. The maximum atomic E-state index is 12.9. The minimum Gasteiger partial charge on any atom is -0.357 e. The van der Waals surface area contributed by atoms with Crippen LogP contribution in [0.1, 0.15) is 29.2 Å². The normalized spacial score (nSPS) is 11.7. The first-order chi connectivity index (χ1) is 11.9. The molecule has 4 nitrogen and oxygen atoms in total. The van der Waals surface area contributed by atoms with E-state index in [0.29, 0.717) is 6.54 Å². The molecule has 2 amide bonds. The number of benzene rings is 2. The van der Waals surface area contributed by atoms with Crippen LogP contribution in [0, 0.1) is 13.8 Å². The monoisotopic (exact) mass is 338 g/mol. The number of rotatable bonds is 6. The van der Waals surface area contributed by atoms with E-state index in [-0.39, 0.29) is 18.2 Å². The molecule has 0 fully saturated rings. The highest BCUT2D eigenvalue weighted by atomic mass is 16.2. The first kappa shape index (κ1) is 18.7. The molecule has 25 heavy (non-hydrogen) atoms. The van der Waals surface area contributed by atoms with Gasteiger partial charge in [-0.25, -0.2) is 0 Å². The van der Waals surface area contributed by atoms with Crippen molar-refractivity contribution < 1.29 is 9.59 Å². The molecule has 1 N–H and O–H groups in total. The van der Waals surface area contributed by atoms with Crippen molar-refractivity contribution in [3.05, 3.63) is 70.8 Å². The Kier molecular flexibility index (Phi) is 6.34. The zero-order chi connectivity index (χ0) is 18.4. The van der Waals surface area contributed by atoms with Gasteiger partial charge in [0.2, 0.25) is 11.8 Å². The number of hydrogen-bond acceptors (Lipinski definition) is 2. The van der Waals surface area contributed by atoms with Crippen LogP contribution in [-0.2, 0) is 22.6 Å². The third-order valence-electron chi connectivity index (χ3n) is 4.45. The third-order valence-corrected chi connectivity index (χ3v) is 4.45. The highest BCUT2D eigenvalue weighted by Gasteiger charge is 2.25. The van der Waals surface area contributed by atoms with Gasteiger partial charge in [-0.2, -0.15) is 0 Å². The van der Waals surface area contributed by atoms with Gasteiger partial charge in [0.25, 0.3) is 0 Å². The van der Waals surface area contributed by atoms with Crippen LogP contribution >= 0.6 is 0 Å². The van der Waals surface area contributed by atoms with E-state index in [4.69, 9.17) is 0 Å². The third kappa shape index (κ3) is 4.92. The standard InChI is InChI=1S/C21H26N2O2/c1-15-8-7-10-18(12-15)13-20(24)23(17(3)21(25)22-4)14-19-11-6-5-9-16(19)2/h5-12,17H,13-14H2,1-4H3,(H,22,25). The van der Waals surface area contributed by atoms with Gasteiger partial charge >= 0.3 is 0 Å². The predicted octanol–water partition coefficient (Wildman–Crippen LogP) is 3.01. The smallest absolute Gasteiger partial charge is 0.242 e. The lowest BCUT2D eigenvalue weighted by atomic mass is 10.0. The molecular formula is C21H26N2O2. The van der Waals surface area contributed by atoms with Crippen molar-refractivity contribution in [3.63, 3.8) is 0 Å². The van der Waals surface area contributed by atoms with E-state index in [1.807, 2.05) is 62.4 Å². The Bertz CT molecular complexity index is 755. The number of amides is 2. The van der Waals surface area contributed by atoms with Gasteiger partial charge in [-0.15, -0.1) is 0 Å². The second-order valence-electron chi connectivity index (χ2n) is 6.40. The van der Waals surface area contributed by atoms with Crippen molar-refractivity contribution in [2.45, 2.75) is 39.8 Å². The van der Waals surface area contributed by atoms with Crippen LogP contribution in [0.2, 0.25) is 0 Å². The number of nitrogens with one attached hydrogen (secondary N) is 1. The van der Waals surface area contributed by atoms with Crippen LogP contribution in [0.5, 0.6) is 0 Å². The highest BCUT2D eigenvalue weighted by Crippen LogP contribution is 2.15. The Morgan fingerprint density at radius 2 is 1.80 bits per heavy atom. The van der Waals surface area contributed by atoms with E-state index in [1.54, 1.807) is 18.9 Å². The second kappa shape index (κ2) is 8.47. The lowest BCUT2D eigenvalue weighted by Crippen LogP contribution is -2.47. The molecule has 0 saturated heterocycles. The molecule has 0 saturated carbocycles. The zero-order valence-corrected chi connectivity index (χ0v) is 15.4. The molecule has 0 aromatic heterocycles. The molecule has 132 valence electrons. The summed E-state index contributed by atoms with van der Waals surface area (Å²) in [5.74, 6) is -0.212. The van der Waals surface area contributed by atoms with Gasteiger partial charge < -0.3 is 10.2 Å². The van der Waals surface area contributed by atoms with E-state index in [2.05, 4.69) is 5.32 Å². The summed E-state index contributed by atoms with van der Waals surface area (Å²) in [4.78, 5) is 26.7. The summed E-state index contributed by atoms with van der Waals surface area (Å²) in [5.41, 5.74) is 4.25. The van der Waals surface area contributed by atoms with E-state index < -0.39 is 6.04 Å². The number of hydrogen-bond donors (Lipinski definition) is 1. The van der Waals surface area contributed by atoms with Crippen LogP contribution in [0.15, 0.2) is 48.5 Å². The first-order valence-corrected chi connectivity index (χ1v) is 8.53. The Morgan fingerprint density at radius 3 is 2.44 bits per heavy atom. The molecule has 0 aliphatic carbocycles. The molecule has 0 bridgehead atoms. The predicted molar refractivity (Wildman–Crippen MR) is 100 cm³/mol. The number of carbonyl (C=O) groups excluding carboxylic acids is 2. The summed E-state index contributed by atoms with van der Waals surface area (Å²) in [6.45, 7) is 6.21. The molecule has 0 aliphatic rings. The summed E-state index contributed by atoms with van der Waals surface area (Å²) in [5, 5.41) is 2.64. The van der Waals surface area contributed by atoms with Crippen LogP contribution in [0.25, 0.3) is 0 Å². The molecule has 0 heterocycles. The largest absolute Gasteiger partial charge is 0.357 e. The molecular weight excluding hydrogens is 312 g/mol. The Balaban J connectivity index is 2.25. The Labute approximate surface area is 149 Å². The number of likely N-dealkylation sites (N-methyl/N-ethyl adjacent to an activating group) is 1. The van der Waals surface area contributed by atoms with Gasteiger partial charge in [-0.05, 0) is 37.5 Å². The average Bonchev–Trinajstić information content (AvgIpc) is 2.59. The fourth-order valence-electron chi connectivity index (χ4n) is 2.86. The van der Waals surface area contributed by atoms with E-state index in [1.165, 1.54) is 0 Å². The summed E-state index contributed by atoms with van der Waals surface area (Å²) in [6, 6.07) is 15.3. The van der Waals surface area contributed by atoms with Crippen LogP contribution in [0.4, 0.5) is 0 Å². The molecule has 0 aliphatic heterocycles. The summed E-state index contributed by atoms with van der Waals surface area (Å²) in [6.07, 6.45) is 0.287. The van der Waals surface area contributed by atoms with Gasteiger partial charge in [0.1, 0.15) is 6.04 Å². The highest BCUT2D eigenvalue weighted by molar-refractivity contribution is 5.88. The molecule has 2 aromatic rings. The van der Waals surface area contributed by atoms with Crippen LogP contribution < -0.4 is 5.32 Å². The number of carbonyl (C=O) groups is 2. The fraction of sp³-hybridized carbons (Fsp3) is 0.333. The van der Waals surface area contributed by atoms with Gasteiger partial charge in [0.15, 0.2) is 0 Å². The lowest BCUT2D eigenvalue weighted by Gasteiger charge is -2.29. The average molecular weight is 338 g/mol. The quantitative estimate of drug-likeness (QED) is 0.880. The number of aryl methyl sites for hydroxylation is 2. The second-order valence-corrected chi connectivity index (χ2v) is 6.40. The summed E-state index contributed by atoms with van der Waals surface area (Å²) >= 11 is 0. The Morgan fingerprint density at radius 1 is 1.08 bits per heavy atom. The maximum Gasteiger partial charge on any atom is 0.242 e. The number of nitrogens with zero attached hydrogens (tertiary/aromatic N) is 1. The van der Waals surface area contributed by atoms with Gasteiger partial charge in [-0.1, -0.05) is 54.1 Å². The summed E-state index contributed by atoms with van der Waals surface area (Å²) in [7, 11) is 1.59. The topological polar surface area (TPSA) is 49.4 Å². The van der Waals surface area contributed by atoms with Gasteiger partial charge in [-0.3, -0.25) is 9.59 Å². The molecule has 2 aromatic carbocycles. The summed E-state index contributed by atoms with van der Waals surface area (Å²) < 4.78 is 0.